The maximum Gasteiger partial charge on any atom is 0.338 e. The number of benzene rings is 2. The van der Waals surface area contributed by atoms with Gasteiger partial charge in [-0.25, -0.2) is 9.78 Å². The van der Waals surface area contributed by atoms with E-state index in [4.69, 9.17) is 4.74 Å². The number of anilines is 2. The Hall–Kier alpha value is -2.99. The van der Waals surface area contributed by atoms with Gasteiger partial charge in [0.15, 0.2) is 5.13 Å². The maximum atomic E-state index is 12.4. The minimum Gasteiger partial charge on any atom is -0.456 e. The van der Waals surface area contributed by atoms with E-state index in [-0.39, 0.29) is 18.5 Å². The summed E-state index contributed by atoms with van der Waals surface area (Å²) in [5, 5.41) is 2.38. The van der Waals surface area contributed by atoms with Crippen molar-refractivity contribution in [1.29, 1.82) is 0 Å². The van der Waals surface area contributed by atoms with Crippen LogP contribution in [0.3, 0.4) is 0 Å². The number of thiazole rings is 1. The lowest BCUT2D eigenvalue weighted by Crippen LogP contribution is -2.23. The second kappa shape index (κ2) is 9.01. The molecule has 1 amide bonds. The molecule has 1 aromatic heterocycles. The van der Waals surface area contributed by atoms with Gasteiger partial charge in [0, 0.05) is 12.3 Å². The molecular weight excluding hydrogens is 384 g/mol. The Bertz CT molecular complexity index is 1040. The van der Waals surface area contributed by atoms with E-state index >= 15 is 0 Å². The monoisotopic (exact) mass is 408 g/mol. The zero-order valence-electron chi connectivity index (χ0n) is 17.1. The number of hydrogen-bond acceptors (Lipinski definition) is 5. The highest BCUT2D eigenvalue weighted by atomic mass is 32.1. The molecule has 0 fully saturated rings. The van der Waals surface area contributed by atoms with Crippen LogP contribution in [0.5, 0.6) is 0 Å². The summed E-state index contributed by atoms with van der Waals surface area (Å²) in [5.41, 5.74) is 5.04. The van der Waals surface area contributed by atoms with Gasteiger partial charge >= 0.3 is 5.97 Å². The van der Waals surface area contributed by atoms with Gasteiger partial charge < -0.3 is 4.74 Å². The Morgan fingerprint density at radius 3 is 2.59 bits per heavy atom. The molecule has 0 saturated carbocycles. The Morgan fingerprint density at radius 1 is 1.14 bits per heavy atom. The van der Waals surface area contributed by atoms with E-state index in [1.807, 2.05) is 55.6 Å². The van der Waals surface area contributed by atoms with Crippen molar-refractivity contribution < 1.29 is 14.3 Å². The molecule has 29 heavy (non-hydrogen) atoms. The number of para-hydroxylation sites is 1. The second-order valence-electron chi connectivity index (χ2n) is 6.85. The summed E-state index contributed by atoms with van der Waals surface area (Å²) in [7, 11) is 0. The third-order valence-corrected chi connectivity index (χ3v) is 5.49. The van der Waals surface area contributed by atoms with Crippen LogP contribution in [0.1, 0.15) is 46.6 Å². The van der Waals surface area contributed by atoms with Crippen molar-refractivity contribution in [3.05, 3.63) is 75.8 Å². The van der Waals surface area contributed by atoms with Crippen molar-refractivity contribution in [2.75, 3.05) is 4.90 Å². The molecule has 6 heteroatoms. The highest BCUT2D eigenvalue weighted by Gasteiger charge is 2.20. The van der Waals surface area contributed by atoms with Crippen LogP contribution in [0.2, 0.25) is 0 Å². The van der Waals surface area contributed by atoms with Crippen LogP contribution >= 0.6 is 11.3 Å². The fraction of sp³-hybridized carbons (Fsp3) is 0.261. The standard InChI is InChI=1S/C23H24N2O3S/c1-5-18-8-6-7-9-21(18)25(17(4)26)23-24-19(14-29-23)13-28-22(27)20-11-10-15(2)12-16(20)3/h6-12,14H,5,13H2,1-4H3. The summed E-state index contributed by atoms with van der Waals surface area (Å²) in [6, 6.07) is 13.4. The van der Waals surface area contributed by atoms with Gasteiger partial charge in [-0.2, -0.15) is 0 Å². The number of hydrogen-bond donors (Lipinski definition) is 0. The lowest BCUT2D eigenvalue weighted by atomic mass is 10.1. The van der Waals surface area contributed by atoms with E-state index in [1.54, 1.807) is 11.0 Å². The number of ether oxygens (including phenoxy) is 1. The molecule has 0 aliphatic carbocycles. The highest BCUT2D eigenvalue weighted by molar-refractivity contribution is 7.14. The number of carbonyl (C=O) groups excluding carboxylic acids is 2. The number of aromatic nitrogens is 1. The molecule has 0 unspecified atom stereocenters. The average Bonchev–Trinajstić information content (AvgIpc) is 3.15. The number of rotatable bonds is 6. The third kappa shape index (κ3) is 4.71. The minimum absolute atomic E-state index is 0.0593. The van der Waals surface area contributed by atoms with Crippen molar-refractivity contribution in [1.82, 2.24) is 4.98 Å². The summed E-state index contributed by atoms with van der Waals surface area (Å²) < 4.78 is 5.44. The largest absolute Gasteiger partial charge is 0.456 e. The predicted octanol–water partition coefficient (Wildman–Crippen LogP) is 5.36. The van der Waals surface area contributed by atoms with Crippen LogP contribution < -0.4 is 4.90 Å². The summed E-state index contributed by atoms with van der Waals surface area (Å²) in [6.45, 7) is 7.51. The van der Waals surface area contributed by atoms with Crippen molar-refractivity contribution in [3.63, 3.8) is 0 Å². The zero-order valence-corrected chi connectivity index (χ0v) is 17.9. The van der Waals surface area contributed by atoms with E-state index in [9.17, 15) is 9.59 Å². The third-order valence-electron chi connectivity index (χ3n) is 4.61. The van der Waals surface area contributed by atoms with E-state index in [0.717, 1.165) is 28.8 Å². The van der Waals surface area contributed by atoms with Crippen molar-refractivity contribution in [3.8, 4) is 0 Å². The Labute approximate surface area is 175 Å². The smallest absolute Gasteiger partial charge is 0.338 e. The van der Waals surface area contributed by atoms with Gasteiger partial charge in [-0.15, -0.1) is 11.3 Å². The molecule has 3 aromatic rings. The van der Waals surface area contributed by atoms with Crippen LogP contribution in [-0.4, -0.2) is 16.9 Å². The maximum absolute atomic E-state index is 12.4. The van der Waals surface area contributed by atoms with E-state index in [2.05, 4.69) is 11.9 Å². The number of carbonyl (C=O) groups is 2. The van der Waals surface area contributed by atoms with Gasteiger partial charge in [0.05, 0.1) is 16.9 Å². The minimum atomic E-state index is -0.378. The van der Waals surface area contributed by atoms with Gasteiger partial charge in [-0.3, -0.25) is 9.69 Å². The summed E-state index contributed by atoms with van der Waals surface area (Å²) in [4.78, 5) is 30.9. The van der Waals surface area contributed by atoms with Crippen LogP contribution in [0, 0.1) is 13.8 Å². The van der Waals surface area contributed by atoms with Gasteiger partial charge in [0.2, 0.25) is 5.91 Å². The lowest BCUT2D eigenvalue weighted by molar-refractivity contribution is -0.115. The molecule has 0 spiro atoms. The molecule has 0 saturated heterocycles. The molecular formula is C23H24N2O3S. The summed E-state index contributed by atoms with van der Waals surface area (Å²) in [5.74, 6) is -0.490. The number of esters is 1. The van der Waals surface area contributed by atoms with Crippen LogP contribution in [0.25, 0.3) is 0 Å². The van der Waals surface area contributed by atoms with Crippen molar-refractivity contribution >= 4 is 34.0 Å². The summed E-state index contributed by atoms with van der Waals surface area (Å²) >= 11 is 1.36. The molecule has 0 aliphatic rings. The molecule has 150 valence electrons. The molecule has 0 atom stereocenters. The number of nitrogens with zero attached hydrogens (tertiary/aromatic N) is 2. The quantitative estimate of drug-likeness (QED) is 0.515. The SMILES string of the molecule is CCc1ccccc1N(C(C)=O)c1nc(COC(=O)c2ccc(C)cc2C)cs1. The first kappa shape index (κ1) is 20.7. The van der Waals surface area contributed by atoms with Crippen LogP contribution in [0.4, 0.5) is 10.8 Å². The number of aryl methyl sites for hydroxylation is 3. The van der Waals surface area contributed by atoms with Crippen LogP contribution in [-0.2, 0) is 22.6 Å². The van der Waals surface area contributed by atoms with Crippen LogP contribution in [0.15, 0.2) is 47.8 Å². The van der Waals surface area contributed by atoms with Crippen molar-refractivity contribution in [2.24, 2.45) is 0 Å². The molecule has 5 nitrogen and oxygen atoms in total. The van der Waals surface area contributed by atoms with Gasteiger partial charge in [-0.05, 0) is 43.5 Å². The first-order chi connectivity index (χ1) is 13.9. The molecule has 0 N–H and O–H groups in total. The topological polar surface area (TPSA) is 59.5 Å². The fourth-order valence-electron chi connectivity index (χ4n) is 3.16. The fourth-order valence-corrected chi connectivity index (χ4v) is 4.02. The second-order valence-corrected chi connectivity index (χ2v) is 7.69. The van der Waals surface area contributed by atoms with E-state index in [1.165, 1.54) is 18.3 Å². The van der Waals surface area contributed by atoms with E-state index < -0.39 is 0 Å². The molecule has 0 bridgehead atoms. The summed E-state index contributed by atoms with van der Waals surface area (Å²) in [6.07, 6.45) is 0.811. The molecule has 3 rings (SSSR count). The van der Waals surface area contributed by atoms with Gasteiger partial charge in [0.1, 0.15) is 6.61 Å². The first-order valence-electron chi connectivity index (χ1n) is 9.48. The normalized spacial score (nSPS) is 10.6. The molecule has 2 aromatic carbocycles. The van der Waals surface area contributed by atoms with Gasteiger partial charge in [0.25, 0.3) is 0 Å². The first-order valence-corrected chi connectivity index (χ1v) is 10.4. The Balaban J connectivity index is 1.77. The average molecular weight is 409 g/mol. The Kier molecular flexibility index (Phi) is 6.44. The number of amides is 1. The molecule has 0 aliphatic heterocycles. The highest BCUT2D eigenvalue weighted by Crippen LogP contribution is 2.32. The lowest BCUT2D eigenvalue weighted by Gasteiger charge is -2.20. The zero-order chi connectivity index (χ0) is 21.0. The van der Waals surface area contributed by atoms with Crippen molar-refractivity contribution in [2.45, 2.75) is 40.7 Å². The van der Waals surface area contributed by atoms with E-state index in [0.29, 0.717) is 16.4 Å². The molecule has 1 heterocycles. The van der Waals surface area contributed by atoms with Gasteiger partial charge in [-0.1, -0.05) is 42.8 Å². The predicted molar refractivity (Wildman–Crippen MR) is 116 cm³/mol. The Morgan fingerprint density at radius 2 is 1.90 bits per heavy atom. The molecule has 0 radical (unpaired) electrons.